The first-order valence-electron chi connectivity index (χ1n) is 10.7. The van der Waals surface area contributed by atoms with Gasteiger partial charge in [-0.05, 0) is 31.2 Å². The maximum absolute atomic E-state index is 13.4. The van der Waals surface area contributed by atoms with Crippen LogP contribution in [0.1, 0.15) is 57.1 Å². The van der Waals surface area contributed by atoms with E-state index < -0.39 is 5.92 Å². The molecular formula is C22H33F2N3O. The van der Waals surface area contributed by atoms with E-state index in [1.807, 2.05) is 30.3 Å². The maximum Gasteiger partial charge on any atom is 0.248 e. The number of hydrogen-bond donors (Lipinski definition) is 2. The fourth-order valence-electron chi connectivity index (χ4n) is 4.28. The second kappa shape index (κ2) is 9.79. The third-order valence-electron chi connectivity index (χ3n) is 6.17. The number of piperazine rings is 1. The molecule has 1 aromatic rings. The number of carbonyl (C=O) groups is 1. The van der Waals surface area contributed by atoms with Gasteiger partial charge in [-0.15, -0.1) is 0 Å². The van der Waals surface area contributed by atoms with Gasteiger partial charge < -0.3 is 15.5 Å². The summed E-state index contributed by atoms with van der Waals surface area (Å²) in [6.45, 7) is 6.16. The van der Waals surface area contributed by atoms with E-state index in [0.29, 0.717) is 6.04 Å². The summed E-state index contributed by atoms with van der Waals surface area (Å²) in [4.78, 5) is 15.2. The highest BCUT2D eigenvalue weighted by Gasteiger charge is 2.37. The summed E-state index contributed by atoms with van der Waals surface area (Å²) >= 11 is 0. The molecule has 2 aliphatic rings. The molecule has 156 valence electrons. The predicted molar refractivity (Wildman–Crippen MR) is 107 cm³/mol. The molecule has 1 saturated heterocycles. The van der Waals surface area contributed by atoms with Crippen LogP contribution >= 0.6 is 0 Å². The Labute approximate surface area is 167 Å². The number of carbonyl (C=O) groups excluding carboxylic acids is 1. The van der Waals surface area contributed by atoms with E-state index in [0.717, 1.165) is 44.6 Å². The Hall–Kier alpha value is -1.53. The molecule has 4 nitrogen and oxygen atoms in total. The summed E-state index contributed by atoms with van der Waals surface area (Å²) in [6.07, 6.45) is 2.13. The van der Waals surface area contributed by atoms with E-state index in [9.17, 15) is 13.6 Å². The zero-order chi connectivity index (χ0) is 20.0. The van der Waals surface area contributed by atoms with Crippen molar-refractivity contribution in [3.63, 3.8) is 0 Å². The van der Waals surface area contributed by atoms with Crippen molar-refractivity contribution >= 4 is 5.91 Å². The van der Waals surface area contributed by atoms with Crippen LogP contribution in [0, 0.1) is 5.92 Å². The second-order valence-corrected chi connectivity index (χ2v) is 8.25. The van der Waals surface area contributed by atoms with Gasteiger partial charge in [0.1, 0.15) is 0 Å². The summed E-state index contributed by atoms with van der Waals surface area (Å²) in [7, 11) is 0. The van der Waals surface area contributed by atoms with Crippen LogP contribution in [0.3, 0.4) is 0 Å². The Morgan fingerprint density at radius 1 is 1.29 bits per heavy atom. The molecule has 0 bridgehead atoms. The van der Waals surface area contributed by atoms with Gasteiger partial charge in [-0.2, -0.15) is 0 Å². The summed E-state index contributed by atoms with van der Waals surface area (Å²) < 4.78 is 26.8. The fourth-order valence-corrected chi connectivity index (χ4v) is 4.28. The molecule has 2 atom stereocenters. The van der Waals surface area contributed by atoms with Gasteiger partial charge in [-0.1, -0.05) is 37.3 Å². The molecule has 1 heterocycles. The van der Waals surface area contributed by atoms with Crippen LogP contribution < -0.4 is 10.6 Å². The Bertz CT molecular complexity index is 615. The van der Waals surface area contributed by atoms with Crippen LogP contribution in [0.5, 0.6) is 0 Å². The zero-order valence-electron chi connectivity index (χ0n) is 16.8. The number of rotatable bonds is 7. The predicted octanol–water partition coefficient (Wildman–Crippen LogP) is 3.74. The lowest BCUT2D eigenvalue weighted by atomic mass is 9.86. The molecule has 0 unspecified atom stereocenters. The van der Waals surface area contributed by atoms with Gasteiger partial charge in [-0.25, -0.2) is 8.78 Å². The van der Waals surface area contributed by atoms with Gasteiger partial charge in [-0.3, -0.25) is 4.79 Å². The highest BCUT2D eigenvalue weighted by atomic mass is 19.3. The molecule has 1 saturated carbocycles. The molecule has 6 heteroatoms. The van der Waals surface area contributed by atoms with E-state index in [2.05, 4.69) is 22.5 Å². The number of halogens is 2. The van der Waals surface area contributed by atoms with Gasteiger partial charge in [0.25, 0.3) is 0 Å². The zero-order valence-corrected chi connectivity index (χ0v) is 16.8. The Morgan fingerprint density at radius 3 is 2.68 bits per heavy atom. The summed E-state index contributed by atoms with van der Waals surface area (Å²) in [5.41, 5.74) is 1.08. The summed E-state index contributed by atoms with van der Waals surface area (Å²) in [5.74, 6) is -2.97. The first-order valence-corrected chi connectivity index (χ1v) is 10.7. The largest absolute Gasteiger partial charge is 0.349 e. The van der Waals surface area contributed by atoms with E-state index in [4.69, 9.17) is 0 Å². The quantitative estimate of drug-likeness (QED) is 0.742. The minimum Gasteiger partial charge on any atom is -0.349 e. The van der Waals surface area contributed by atoms with E-state index in [1.165, 1.54) is 0 Å². The second-order valence-electron chi connectivity index (χ2n) is 8.25. The van der Waals surface area contributed by atoms with E-state index >= 15 is 0 Å². The SMILES string of the molecule is CC[C@H]1CN(CC[C@H](NC(=O)C2CCC(F)(F)CC2)c2ccccc2)CCN1. The number of hydrogen-bond acceptors (Lipinski definition) is 3. The van der Waals surface area contributed by atoms with Crippen molar-refractivity contribution in [3.8, 4) is 0 Å². The van der Waals surface area contributed by atoms with Crippen LogP contribution in [0.4, 0.5) is 8.78 Å². The van der Waals surface area contributed by atoms with Gasteiger partial charge >= 0.3 is 0 Å². The molecule has 0 aromatic heterocycles. The Kier molecular flexibility index (Phi) is 7.41. The Morgan fingerprint density at radius 2 is 2.00 bits per heavy atom. The van der Waals surface area contributed by atoms with Crippen LogP contribution in [0.25, 0.3) is 0 Å². The molecule has 0 spiro atoms. The van der Waals surface area contributed by atoms with E-state index in [1.54, 1.807) is 0 Å². The minimum absolute atomic E-state index is 0.0731. The molecule has 1 amide bonds. The average molecular weight is 394 g/mol. The van der Waals surface area contributed by atoms with Crippen molar-refractivity contribution in [2.24, 2.45) is 5.92 Å². The highest BCUT2D eigenvalue weighted by Crippen LogP contribution is 2.36. The van der Waals surface area contributed by atoms with Gasteiger partial charge in [0.2, 0.25) is 11.8 Å². The lowest BCUT2D eigenvalue weighted by Crippen LogP contribution is -2.50. The van der Waals surface area contributed by atoms with Gasteiger partial charge in [0, 0.05) is 51.0 Å². The molecule has 2 N–H and O–H groups in total. The molecule has 0 radical (unpaired) electrons. The number of alkyl halides is 2. The molecule has 1 aromatic carbocycles. The van der Waals surface area contributed by atoms with Crippen LogP contribution in [-0.4, -0.2) is 49.0 Å². The first kappa shape index (κ1) is 21.2. The lowest BCUT2D eigenvalue weighted by molar-refractivity contribution is -0.130. The standard InChI is InChI=1S/C22H33F2N3O/c1-2-19-16-27(15-13-25-19)14-10-20(17-6-4-3-5-7-17)26-21(28)18-8-11-22(23,24)12-9-18/h3-7,18-20,25H,2,8-16H2,1H3,(H,26,28)/t19-,20-/m0/s1. The van der Waals surface area contributed by atoms with Crippen molar-refractivity contribution in [2.45, 2.75) is 63.5 Å². The number of amides is 1. The number of nitrogens with one attached hydrogen (secondary N) is 2. The number of benzene rings is 1. The van der Waals surface area contributed by atoms with Crippen molar-refractivity contribution in [2.75, 3.05) is 26.2 Å². The van der Waals surface area contributed by atoms with Crippen LogP contribution in [-0.2, 0) is 4.79 Å². The summed E-state index contributed by atoms with van der Waals surface area (Å²) in [5, 5.41) is 6.70. The number of nitrogens with zero attached hydrogens (tertiary/aromatic N) is 1. The molecular weight excluding hydrogens is 360 g/mol. The third-order valence-corrected chi connectivity index (χ3v) is 6.17. The first-order chi connectivity index (χ1) is 13.5. The minimum atomic E-state index is -2.60. The van der Waals surface area contributed by atoms with Crippen molar-refractivity contribution in [1.82, 2.24) is 15.5 Å². The normalized spacial score (nSPS) is 24.6. The molecule has 1 aliphatic heterocycles. The molecule has 3 rings (SSSR count). The summed E-state index contributed by atoms with van der Waals surface area (Å²) in [6, 6.07) is 10.4. The van der Waals surface area contributed by atoms with Gasteiger partial charge in [0.05, 0.1) is 6.04 Å². The lowest BCUT2D eigenvalue weighted by Gasteiger charge is -2.34. The maximum atomic E-state index is 13.4. The van der Waals surface area contributed by atoms with Crippen LogP contribution in [0.15, 0.2) is 30.3 Å². The highest BCUT2D eigenvalue weighted by molar-refractivity contribution is 5.79. The third kappa shape index (κ3) is 5.98. The molecule has 28 heavy (non-hydrogen) atoms. The van der Waals surface area contributed by atoms with E-state index in [-0.39, 0.29) is 43.6 Å². The van der Waals surface area contributed by atoms with Crippen molar-refractivity contribution in [3.05, 3.63) is 35.9 Å². The monoisotopic (exact) mass is 393 g/mol. The topological polar surface area (TPSA) is 44.4 Å². The average Bonchev–Trinajstić information content (AvgIpc) is 2.71. The smallest absolute Gasteiger partial charge is 0.248 e. The fraction of sp³-hybridized carbons (Fsp3) is 0.682. The van der Waals surface area contributed by atoms with Crippen LogP contribution in [0.2, 0.25) is 0 Å². The van der Waals surface area contributed by atoms with Crippen molar-refractivity contribution in [1.29, 1.82) is 0 Å². The molecule has 2 fully saturated rings. The van der Waals surface area contributed by atoms with Crippen molar-refractivity contribution < 1.29 is 13.6 Å². The van der Waals surface area contributed by atoms with Gasteiger partial charge in [0.15, 0.2) is 0 Å². The molecule has 1 aliphatic carbocycles. The Balaban J connectivity index is 1.59.